The number of hydrogen-bond acceptors (Lipinski definition) is 4. The molecule has 21 heavy (non-hydrogen) atoms. The fraction of sp³-hybridized carbons (Fsp3) is 0.231. The van der Waals surface area contributed by atoms with E-state index in [1.54, 1.807) is 12.1 Å². The van der Waals surface area contributed by atoms with Gasteiger partial charge >= 0.3 is 6.03 Å². The first-order valence-corrected chi connectivity index (χ1v) is 6.33. The normalized spacial score (nSPS) is 10.4. The number of carbonyl (C=O) groups is 1. The van der Waals surface area contributed by atoms with Crippen LogP contribution in [0.1, 0.15) is 25.5 Å². The van der Waals surface area contributed by atoms with Crippen LogP contribution < -0.4 is 10.6 Å². The average molecular weight is 289 g/mol. The molecule has 0 atom stereocenters. The first-order valence-electron chi connectivity index (χ1n) is 6.33. The Balaban J connectivity index is 2.01. The smallest absolute Gasteiger partial charge is 0.307 e. The summed E-state index contributed by atoms with van der Waals surface area (Å²) in [6.07, 6.45) is 0. The van der Waals surface area contributed by atoms with Crippen LogP contribution in [0.15, 0.2) is 30.3 Å². The molecule has 110 valence electrons. The number of non-ortho nitro benzene ring substituents is 1. The second kappa shape index (κ2) is 6.04. The number of amides is 2. The van der Waals surface area contributed by atoms with E-state index in [0.717, 1.165) is 5.69 Å². The lowest BCUT2D eigenvalue weighted by Gasteiger charge is -2.05. The van der Waals surface area contributed by atoms with Crippen molar-refractivity contribution in [3.8, 4) is 0 Å². The van der Waals surface area contributed by atoms with E-state index >= 15 is 0 Å². The molecule has 0 aliphatic carbocycles. The number of anilines is 2. The van der Waals surface area contributed by atoms with Gasteiger partial charge in [-0.1, -0.05) is 19.9 Å². The Bertz CT molecular complexity index is 665. The zero-order chi connectivity index (χ0) is 15.4. The van der Waals surface area contributed by atoms with E-state index in [0.29, 0.717) is 11.5 Å². The molecule has 0 bridgehead atoms. The number of nitrogens with one attached hydrogen (secondary N) is 3. The third-order valence-corrected chi connectivity index (χ3v) is 2.78. The fourth-order valence-corrected chi connectivity index (χ4v) is 1.67. The minimum absolute atomic E-state index is 0.0883. The third-order valence-electron chi connectivity index (χ3n) is 2.78. The second-order valence-corrected chi connectivity index (χ2v) is 4.75. The molecule has 0 radical (unpaired) electrons. The SMILES string of the molecule is CC(C)c1cc(NC(=O)Nc2cccc([N+](=O)[O-])c2)n[nH]1. The molecule has 0 saturated heterocycles. The first kappa shape index (κ1) is 14.5. The van der Waals surface area contributed by atoms with Gasteiger partial charge in [-0.25, -0.2) is 4.79 Å². The number of hydrogen-bond donors (Lipinski definition) is 3. The van der Waals surface area contributed by atoms with Crippen LogP contribution in [0.4, 0.5) is 22.0 Å². The molecule has 0 aliphatic rings. The number of nitrogens with zero attached hydrogens (tertiary/aromatic N) is 2. The number of aromatic amines is 1. The molecule has 0 unspecified atom stereocenters. The van der Waals surface area contributed by atoms with Gasteiger partial charge in [0, 0.05) is 29.6 Å². The third kappa shape index (κ3) is 3.78. The van der Waals surface area contributed by atoms with Crippen molar-refractivity contribution in [2.75, 3.05) is 10.6 Å². The van der Waals surface area contributed by atoms with Crippen molar-refractivity contribution in [2.45, 2.75) is 19.8 Å². The Morgan fingerprint density at radius 1 is 1.33 bits per heavy atom. The molecule has 2 rings (SSSR count). The van der Waals surface area contributed by atoms with Crippen LogP contribution in [0.2, 0.25) is 0 Å². The number of aromatic nitrogens is 2. The van der Waals surface area contributed by atoms with Gasteiger partial charge in [0.2, 0.25) is 0 Å². The van der Waals surface area contributed by atoms with Crippen molar-refractivity contribution in [3.63, 3.8) is 0 Å². The van der Waals surface area contributed by atoms with Gasteiger partial charge in [-0.05, 0) is 12.0 Å². The number of nitro benzene ring substituents is 1. The maximum atomic E-state index is 11.8. The minimum atomic E-state index is -0.522. The summed E-state index contributed by atoms with van der Waals surface area (Å²) in [5.74, 6) is 0.662. The van der Waals surface area contributed by atoms with E-state index in [9.17, 15) is 14.9 Å². The zero-order valence-electron chi connectivity index (χ0n) is 11.6. The molecule has 8 heteroatoms. The maximum Gasteiger partial charge on any atom is 0.324 e. The maximum absolute atomic E-state index is 11.8. The molecule has 8 nitrogen and oxygen atoms in total. The predicted molar refractivity (Wildman–Crippen MR) is 78.4 cm³/mol. The van der Waals surface area contributed by atoms with E-state index in [1.165, 1.54) is 18.2 Å². The van der Waals surface area contributed by atoms with Crippen molar-refractivity contribution in [2.24, 2.45) is 0 Å². The summed E-state index contributed by atoms with van der Waals surface area (Å²) >= 11 is 0. The Labute approximate surface area is 120 Å². The van der Waals surface area contributed by atoms with Crippen molar-refractivity contribution >= 4 is 23.2 Å². The molecule has 1 aromatic heterocycles. The summed E-state index contributed by atoms with van der Waals surface area (Å²) in [5, 5.41) is 22.5. The summed E-state index contributed by atoms with van der Waals surface area (Å²) in [6, 6.07) is 6.92. The number of benzene rings is 1. The standard InChI is InChI=1S/C13H15N5O3/c1-8(2)11-7-12(17-16-11)15-13(19)14-9-4-3-5-10(6-9)18(20)21/h3-8H,1-2H3,(H3,14,15,16,17,19). The van der Waals surface area contributed by atoms with Crippen LogP contribution in [0.5, 0.6) is 0 Å². The number of carbonyl (C=O) groups excluding carboxylic acids is 1. The lowest BCUT2D eigenvalue weighted by atomic mass is 10.1. The highest BCUT2D eigenvalue weighted by Crippen LogP contribution is 2.18. The van der Waals surface area contributed by atoms with Gasteiger partial charge in [0.05, 0.1) is 4.92 Å². The Morgan fingerprint density at radius 2 is 2.10 bits per heavy atom. The summed E-state index contributed by atoms with van der Waals surface area (Å²) in [5.41, 5.74) is 1.15. The van der Waals surface area contributed by atoms with E-state index in [4.69, 9.17) is 0 Å². The number of urea groups is 1. The van der Waals surface area contributed by atoms with Crippen LogP contribution in [0.25, 0.3) is 0 Å². The number of H-pyrrole nitrogens is 1. The van der Waals surface area contributed by atoms with Gasteiger partial charge in [-0.3, -0.25) is 20.5 Å². The van der Waals surface area contributed by atoms with Crippen LogP contribution in [0, 0.1) is 10.1 Å². The highest BCUT2D eigenvalue weighted by molar-refractivity contribution is 5.99. The van der Waals surface area contributed by atoms with Crippen molar-refractivity contribution in [1.82, 2.24) is 10.2 Å². The lowest BCUT2D eigenvalue weighted by molar-refractivity contribution is -0.384. The molecule has 1 aromatic carbocycles. The summed E-state index contributed by atoms with van der Waals surface area (Å²) in [4.78, 5) is 21.9. The van der Waals surface area contributed by atoms with Gasteiger partial charge in [0.15, 0.2) is 5.82 Å². The highest BCUT2D eigenvalue weighted by atomic mass is 16.6. The molecular weight excluding hydrogens is 274 g/mol. The van der Waals surface area contributed by atoms with E-state index < -0.39 is 11.0 Å². The Kier molecular flexibility index (Phi) is 4.17. The van der Waals surface area contributed by atoms with E-state index in [1.807, 2.05) is 13.8 Å². The highest BCUT2D eigenvalue weighted by Gasteiger charge is 2.10. The van der Waals surface area contributed by atoms with Crippen LogP contribution in [0.3, 0.4) is 0 Å². The zero-order valence-corrected chi connectivity index (χ0v) is 11.6. The van der Waals surface area contributed by atoms with Gasteiger partial charge < -0.3 is 5.32 Å². The van der Waals surface area contributed by atoms with Gasteiger partial charge in [-0.15, -0.1) is 0 Å². The second-order valence-electron chi connectivity index (χ2n) is 4.75. The Morgan fingerprint density at radius 3 is 2.71 bits per heavy atom. The van der Waals surface area contributed by atoms with Crippen LogP contribution in [-0.4, -0.2) is 21.2 Å². The lowest BCUT2D eigenvalue weighted by Crippen LogP contribution is -2.19. The molecular formula is C13H15N5O3. The van der Waals surface area contributed by atoms with E-state index in [-0.39, 0.29) is 11.6 Å². The van der Waals surface area contributed by atoms with Crippen molar-refractivity contribution in [3.05, 3.63) is 46.1 Å². The topological polar surface area (TPSA) is 113 Å². The van der Waals surface area contributed by atoms with Gasteiger partial charge in [0.1, 0.15) is 0 Å². The molecule has 2 amide bonds. The molecule has 0 spiro atoms. The monoisotopic (exact) mass is 289 g/mol. The number of nitro groups is 1. The van der Waals surface area contributed by atoms with Gasteiger partial charge in [0.25, 0.3) is 5.69 Å². The Hall–Kier alpha value is -2.90. The van der Waals surface area contributed by atoms with Crippen LogP contribution in [-0.2, 0) is 0 Å². The molecule has 0 saturated carbocycles. The fourth-order valence-electron chi connectivity index (χ4n) is 1.67. The first-order chi connectivity index (χ1) is 9.95. The number of rotatable bonds is 4. The summed E-state index contributed by atoms with van der Waals surface area (Å²) < 4.78 is 0. The summed E-state index contributed by atoms with van der Waals surface area (Å²) in [6.45, 7) is 4.00. The summed E-state index contributed by atoms with van der Waals surface area (Å²) in [7, 11) is 0. The predicted octanol–water partition coefficient (Wildman–Crippen LogP) is 3.09. The molecule has 0 aliphatic heterocycles. The molecule has 0 fully saturated rings. The largest absolute Gasteiger partial charge is 0.324 e. The molecule has 1 heterocycles. The average Bonchev–Trinajstić information content (AvgIpc) is 2.87. The van der Waals surface area contributed by atoms with Gasteiger partial charge in [-0.2, -0.15) is 5.10 Å². The van der Waals surface area contributed by atoms with Crippen LogP contribution >= 0.6 is 0 Å². The van der Waals surface area contributed by atoms with Crippen molar-refractivity contribution < 1.29 is 9.72 Å². The van der Waals surface area contributed by atoms with E-state index in [2.05, 4.69) is 20.8 Å². The quantitative estimate of drug-likeness (QED) is 0.592. The minimum Gasteiger partial charge on any atom is -0.307 e. The molecule has 2 aromatic rings. The van der Waals surface area contributed by atoms with Crippen molar-refractivity contribution in [1.29, 1.82) is 0 Å². The molecule has 3 N–H and O–H groups in total.